The highest BCUT2D eigenvalue weighted by Crippen LogP contribution is 2.52. The Kier molecular flexibility index (Phi) is 3.14. The molecule has 0 radical (unpaired) electrons. The SMILES string of the molecule is Clc1cccc(C2CNCCC23CCCC3)c1. The minimum absolute atomic E-state index is 0.565. The minimum Gasteiger partial charge on any atom is -0.316 e. The molecule has 1 aromatic rings. The van der Waals surface area contributed by atoms with Crippen LogP contribution < -0.4 is 5.32 Å². The van der Waals surface area contributed by atoms with Gasteiger partial charge in [-0.2, -0.15) is 0 Å². The normalized spacial score (nSPS) is 27.5. The van der Waals surface area contributed by atoms with Crippen LogP contribution in [-0.4, -0.2) is 13.1 Å². The van der Waals surface area contributed by atoms with E-state index >= 15 is 0 Å². The van der Waals surface area contributed by atoms with Crippen LogP contribution in [0, 0.1) is 5.41 Å². The van der Waals surface area contributed by atoms with Gasteiger partial charge in [-0.25, -0.2) is 0 Å². The van der Waals surface area contributed by atoms with Crippen LogP contribution in [0.2, 0.25) is 5.02 Å². The largest absolute Gasteiger partial charge is 0.316 e. The first-order chi connectivity index (χ1) is 8.30. The van der Waals surface area contributed by atoms with Gasteiger partial charge in [0.25, 0.3) is 0 Å². The van der Waals surface area contributed by atoms with Gasteiger partial charge >= 0.3 is 0 Å². The summed E-state index contributed by atoms with van der Waals surface area (Å²) in [5.74, 6) is 0.664. The number of piperidine rings is 1. The Labute approximate surface area is 109 Å². The van der Waals surface area contributed by atoms with Crippen LogP contribution in [0.15, 0.2) is 24.3 Å². The lowest BCUT2D eigenvalue weighted by molar-refractivity contribution is 0.170. The van der Waals surface area contributed by atoms with Crippen molar-refractivity contribution in [3.05, 3.63) is 34.9 Å². The van der Waals surface area contributed by atoms with Gasteiger partial charge in [0.05, 0.1) is 0 Å². The van der Waals surface area contributed by atoms with E-state index in [1.165, 1.54) is 44.2 Å². The maximum atomic E-state index is 6.14. The molecule has 92 valence electrons. The molecule has 2 aliphatic rings. The van der Waals surface area contributed by atoms with Crippen LogP contribution in [0.3, 0.4) is 0 Å². The summed E-state index contributed by atoms with van der Waals surface area (Å²) < 4.78 is 0. The predicted octanol–water partition coefficient (Wildman–Crippen LogP) is 3.98. The molecular weight excluding hydrogens is 230 g/mol. The molecule has 1 saturated carbocycles. The quantitative estimate of drug-likeness (QED) is 0.794. The zero-order valence-corrected chi connectivity index (χ0v) is 11.0. The lowest BCUT2D eigenvalue weighted by Gasteiger charge is -2.42. The molecule has 1 heterocycles. The van der Waals surface area contributed by atoms with Gasteiger partial charge in [0.15, 0.2) is 0 Å². The van der Waals surface area contributed by atoms with Crippen molar-refractivity contribution < 1.29 is 0 Å². The van der Waals surface area contributed by atoms with E-state index in [2.05, 4.69) is 23.5 Å². The summed E-state index contributed by atoms with van der Waals surface area (Å²) in [4.78, 5) is 0. The van der Waals surface area contributed by atoms with Crippen molar-refractivity contribution in [2.75, 3.05) is 13.1 Å². The Bertz CT molecular complexity index is 396. The number of nitrogens with one attached hydrogen (secondary N) is 1. The predicted molar refractivity (Wildman–Crippen MR) is 72.6 cm³/mol. The van der Waals surface area contributed by atoms with Crippen molar-refractivity contribution in [1.82, 2.24) is 5.32 Å². The van der Waals surface area contributed by atoms with Crippen molar-refractivity contribution in [2.45, 2.75) is 38.0 Å². The molecular formula is C15H20ClN. The molecule has 0 bridgehead atoms. The first-order valence-corrected chi connectivity index (χ1v) is 7.14. The number of rotatable bonds is 1. The van der Waals surface area contributed by atoms with Gasteiger partial charge in [-0.1, -0.05) is 36.6 Å². The second-order valence-electron chi connectivity index (χ2n) is 5.63. The van der Waals surface area contributed by atoms with Gasteiger partial charge in [0.1, 0.15) is 0 Å². The third kappa shape index (κ3) is 2.11. The summed E-state index contributed by atoms with van der Waals surface area (Å²) >= 11 is 6.14. The van der Waals surface area contributed by atoms with E-state index in [1.54, 1.807) is 0 Å². The molecule has 2 fully saturated rings. The summed E-state index contributed by atoms with van der Waals surface area (Å²) in [7, 11) is 0. The smallest absolute Gasteiger partial charge is 0.0408 e. The molecule has 1 nitrogen and oxygen atoms in total. The van der Waals surface area contributed by atoms with E-state index in [0.717, 1.165) is 11.6 Å². The molecule has 1 aliphatic heterocycles. The fraction of sp³-hybridized carbons (Fsp3) is 0.600. The van der Waals surface area contributed by atoms with Crippen LogP contribution in [-0.2, 0) is 0 Å². The Hall–Kier alpha value is -0.530. The zero-order chi connectivity index (χ0) is 11.7. The molecule has 17 heavy (non-hydrogen) atoms. The summed E-state index contributed by atoms with van der Waals surface area (Å²) in [6.07, 6.45) is 6.98. The number of halogens is 1. The second-order valence-corrected chi connectivity index (χ2v) is 6.07. The van der Waals surface area contributed by atoms with Crippen LogP contribution in [0.5, 0.6) is 0 Å². The zero-order valence-electron chi connectivity index (χ0n) is 10.2. The minimum atomic E-state index is 0.565. The van der Waals surface area contributed by atoms with Crippen molar-refractivity contribution >= 4 is 11.6 Å². The number of hydrogen-bond donors (Lipinski definition) is 1. The van der Waals surface area contributed by atoms with Gasteiger partial charge in [0.2, 0.25) is 0 Å². The summed E-state index contributed by atoms with van der Waals surface area (Å²) in [6.45, 7) is 2.32. The van der Waals surface area contributed by atoms with E-state index in [-0.39, 0.29) is 0 Å². The van der Waals surface area contributed by atoms with Crippen LogP contribution in [0.4, 0.5) is 0 Å². The average molecular weight is 250 g/mol. The molecule has 1 atom stereocenters. The second kappa shape index (κ2) is 4.62. The van der Waals surface area contributed by atoms with Gasteiger partial charge in [-0.15, -0.1) is 0 Å². The van der Waals surface area contributed by atoms with Crippen molar-refractivity contribution in [3.63, 3.8) is 0 Å². The van der Waals surface area contributed by atoms with E-state index in [1.807, 2.05) is 6.07 Å². The molecule has 1 aliphatic carbocycles. The summed E-state index contributed by atoms with van der Waals surface area (Å²) in [5, 5.41) is 4.44. The summed E-state index contributed by atoms with van der Waals surface area (Å²) in [6, 6.07) is 8.49. The Morgan fingerprint density at radius 2 is 2.00 bits per heavy atom. The van der Waals surface area contributed by atoms with Gasteiger partial charge in [-0.3, -0.25) is 0 Å². The average Bonchev–Trinajstić information content (AvgIpc) is 2.79. The van der Waals surface area contributed by atoms with Gasteiger partial charge < -0.3 is 5.32 Å². The monoisotopic (exact) mass is 249 g/mol. The third-order valence-electron chi connectivity index (χ3n) is 4.74. The number of hydrogen-bond acceptors (Lipinski definition) is 1. The Morgan fingerprint density at radius 3 is 2.76 bits per heavy atom. The van der Waals surface area contributed by atoms with E-state index in [0.29, 0.717) is 11.3 Å². The van der Waals surface area contributed by atoms with Crippen LogP contribution in [0.25, 0.3) is 0 Å². The third-order valence-corrected chi connectivity index (χ3v) is 4.97. The van der Waals surface area contributed by atoms with Crippen molar-refractivity contribution in [2.24, 2.45) is 5.41 Å². The first-order valence-electron chi connectivity index (χ1n) is 6.76. The molecule has 1 aromatic carbocycles. The highest BCUT2D eigenvalue weighted by molar-refractivity contribution is 6.30. The van der Waals surface area contributed by atoms with Gasteiger partial charge in [0, 0.05) is 17.5 Å². The van der Waals surface area contributed by atoms with Gasteiger partial charge in [-0.05, 0) is 48.9 Å². The fourth-order valence-electron chi connectivity index (χ4n) is 3.85. The molecule has 0 aromatic heterocycles. The van der Waals surface area contributed by atoms with Crippen LogP contribution in [0.1, 0.15) is 43.6 Å². The topological polar surface area (TPSA) is 12.0 Å². The highest BCUT2D eigenvalue weighted by atomic mass is 35.5. The van der Waals surface area contributed by atoms with Crippen LogP contribution >= 0.6 is 11.6 Å². The lowest BCUT2D eigenvalue weighted by atomic mass is 9.67. The molecule has 2 heteroatoms. The molecule has 1 N–H and O–H groups in total. The molecule has 0 amide bonds. The van der Waals surface area contributed by atoms with E-state index in [9.17, 15) is 0 Å². The van der Waals surface area contributed by atoms with Crippen molar-refractivity contribution in [1.29, 1.82) is 0 Å². The van der Waals surface area contributed by atoms with E-state index < -0.39 is 0 Å². The molecule has 1 saturated heterocycles. The Morgan fingerprint density at radius 1 is 1.18 bits per heavy atom. The highest BCUT2D eigenvalue weighted by Gasteiger charge is 2.43. The molecule has 3 rings (SSSR count). The maximum Gasteiger partial charge on any atom is 0.0408 e. The molecule has 1 unspecified atom stereocenters. The Balaban J connectivity index is 1.93. The molecule has 1 spiro atoms. The summed E-state index contributed by atoms with van der Waals surface area (Å²) in [5.41, 5.74) is 2.00. The van der Waals surface area contributed by atoms with Crippen molar-refractivity contribution in [3.8, 4) is 0 Å². The standard InChI is InChI=1S/C15H20ClN/c16-13-5-3-4-12(10-13)14-11-17-9-8-15(14)6-1-2-7-15/h3-5,10,14,17H,1-2,6-9,11H2. The number of benzene rings is 1. The lowest BCUT2D eigenvalue weighted by Crippen LogP contribution is -2.42. The maximum absolute atomic E-state index is 6.14. The first kappa shape index (κ1) is 11.6. The fourth-order valence-corrected chi connectivity index (χ4v) is 4.05. The van der Waals surface area contributed by atoms with E-state index in [4.69, 9.17) is 11.6 Å².